The van der Waals surface area contributed by atoms with Crippen molar-refractivity contribution in [2.75, 3.05) is 47.5 Å². The number of hydrogen-bond donors (Lipinski definition) is 0. The Hall–Kier alpha value is -3.23. The van der Waals surface area contributed by atoms with Crippen molar-refractivity contribution in [2.24, 2.45) is 0 Å². The highest BCUT2D eigenvalue weighted by Crippen LogP contribution is 2.40. The van der Waals surface area contributed by atoms with Gasteiger partial charge in [-0.1, -0.05) is 23.7 Å². The third-order valence-corrected chi connectivity index (χ3v) is 6.37. The smallest absolute Gasteiger partial charge is 0.257 e. The number of rotatable bonds is 7. The Kier molecular flexibility index (Phi) is 7.29. The van der Waals surface area contributed by atoms with E-state index in [1.54, 1.807) is 32.2 Å². The molecule has 0 N–H and O–H groups in total. The molecule has 1 amide bonds. The molecular weight excluding hydrogens is 456 g/mol. The summed E-state index contributed by atoms with van der Waals surface area (Å²) >= 11 is 6.12. The van der Waals surface area contributed by atoms with E-state index in [1.807, 2.05) is 48.2 Å². The van der Waals surface area contributed by atoms with Crippen molar-refractivity contribution in [3.8, 4) is 22.9 Å². The van der Waals surface area contributed by atoms with E-state index >= 15 is 0 Å². The summed E-state index contributed by atoms with van der Waals surface area (Å²) in [6, 6.07) is 11.3. The number of methoxy groups -OCH3 is 3. The van der Waals surface area contributed by atoms with E-state index in [9.17, 15) is 4.79 Å². The molecule has 3 aromatic rings. The van der Waals surface area contributed by atoms with Crippen molar-refractivity contribution in [1.29, 1.82) is 0 Å². The minimum atomic E-state index is -0.00544. The first-order chi connectivity index (χ1) is 16.5. The van der Waals surface area contributed by atoms with Gasteiger partial charge in [-0.2, -0.15) is 5.10 Å². The van der Waals surface area contributed by atoms with E-state index in [2.05, 4.69) is 10.00 Å². The molecule has 1 aliphatic heterocycles. The van der Waals surface area contributed by atoms with Crippen molar-refractivity contribution in [3.05, 3.63) is 64.4 Å². The highest BCUT2D eigenvalue weighted by atomic mass is 35.5. The molecule has 4 rings (SSSR count). The molecule has 0 bridgehead atoms. The zero-order valence-electron chi connectivity index (χ0n) is 19.9. The fraction of sp³-hybridized carbons (Fsp3) is 0.360. The molecule has 2 heterocycles. The maximum Gasteiger partial charge on any atom is 0.257 e. The first-order valence-electron chi connectivity index (χ1n) is 11.1. The van der Waals surface area contributed by atoms with Gasteiger partial charge in [0, 0.05) is 43.3 Å². The summed E-state index contributed by atoms with van der Waals surface area (Å²) in [5.74, 6) is 1.88. The zero-order chi connectivity index (χ0) is 24.2. The molecular formula is C25H29ClN4O4. The molecule has 2 aromatic carbocycles. The van der Waals surface area contributed by atoms with E-state index in [-0.39, 0.29) is 5.91 Å². The highest BCUT2D eigenvalue weighted by molar-refractivity contribution is 6.30. The molecule has 1 aliphatic rings. The second-order valence-corrected chi connectivity index (χ2v) is 8.53. The Morgan fingerprint density at radius 1 is 1.00 bits per heavy atom. The van der Waals surface area contributed by atoms with E-state index in [1.165, 1.54) is 0 Å². The molecule has 0 radical (unpaired) electrons. The van der Waals surface area contributed by atoms with Crippen LogP contribution in [0.4, 0.5) is 0 Å². The summed E-state index contributed by atoms with van der Waals surface area (Å²) < 4.78 is 18.2. The number of halogens is 1. The van der Waals surface area contributed by atoms with Crippen LogP contribution in [0, 0.1) is 6.92 Å². The topological polar surface area (TPSA) is 69.1 Å². The number of carbonyl (C=O) groups is 1. The fourth-order valence-electron chi connectivity index (χ4n) is 4.30. The number of carbonyl (C=O) groups excluding carboxylic acids is 1. The Bertz CT molecular complexity index is 1170. The van der Waals surface area contributed by atoms with Gasteiger partial charge in [0.1, 0.15) is 0 Å². The van der Waals surface area contributed by atoms with Gasteiger partial charge in [0.05, 0.1) is 44.5 Å². The monoisotopic (exact) mass is 484 g/mol. The third-order valence-electron chi connectivity index (χ3n) is 6.13. The molecule has 0 spiro atoms. The van der Waals surface area contributed by atoms with Crippen LogP contribution in [0.1, 0.15) is 21.6 Å². The van der Waals surface area contributed by atoms with Crippen LogP contribution in [0.3, 0.4) is 0 Å². The van der Waals surface area contributed by atoms with E-state index in [0.717, 1.165) is 30.0 Å². The molecule has 8 nitrogen and oxygen atoms in total. The van der Waals surface area contributed by atoms with Gasteiger partial charge in [-0.3, -0.25) is 9.69 Å². The minimum absolute atomic E-state index is 0.00544. The predicted octanol–water partition coefficient (Wildman–Crippen LogP) is 3.82. The molecule has 0 unspecified atom stereocenters. The number of aromatic nitrogens is 2. The second kappa shape index (κ2) is 10.4. The molecule has 1 fully saturated rings. The number of benzene rings is 2. The Balaban J connectivity index is 1.42. The van der Waals surface area contributed by atoms with Gasteiger partial charge in [0.15, 0.2) is 11.5 Å². The SMILES string of the molecule is COc1ccc(CN2CCN(C(=O)c3cnn(-c4cccc(Cl)c4)c3C)CC2)c(OC)c1OC. The first-order valence-corrected chi connectivity index (χ1v) is 11.4. The number of amides is 1. The lowest BCUT2D eigenvalue weighted by atomic mass is 10.1. The summed E-state index contributed by atoms with van der Waals surface area (Å²) in [7, 11) is 4.84. The van der Waals surface area contributed by atoms with Crippen molar-refractivity contribution < 1.29 is 19.0 Å². The lowest BCUT2D eigenvalue weighted by Crippen LogP contribution is -2.48. The summed E-state index contributed by atoms with van der Waals surface area (Å²) in [5, 5.41) is 5.05. The molecule has 0 saturated carbocycles. The standard InChI is InChI=1S/C25H29ClN4O4/c1-17-21(15-27-30(17)20-7-5-6-19(26)14-20)25(31)29-12-10-28(11-13-29)16-18-8-9-22(32-2)24(34-4)23(18)33-3/h5-9,14-15H,10-13,16H2,1-4H3. The zero-order valence-corrected chi connectivity index (χ0v) is 20.6. The van der Waals surface area contributed by atoms with E-state index < -0.39 is 0 Å². The summed E-state index contributed by atoms with van der Waals surface area (Å²) in [6.07, 6.45) is 1.64. The number of ether oxygens (including phenoxy) is 3. The first kappa shape index (κ1) is 23.9. The van der Waals surface area contributed by atoms with Crippen molar-refractivity contribution >= 4 is 17.5 Å². The van der Waals surface area contributed by atoms with Gasteiger partial charge < -0.3 is 19.1 Å². The normalized spacial score (nSPS) is 14.2. The van der Waals surface area contributed by atoms with E-state index in [4.69, 9.17) is 25.8 Å². The van der Waals surface area contributed by atoms with Gasteiger partial charge in [0.25, 0.3) is 5.91 Å². The van der Waals surface area contributed by atoms with Crippen LogP contribution < -0.4 is 14.2 Å². The van der Waals surface area contributed by atoms with Gasteiger partial charge in [-0.05, 0) is 31.2 Å². The Morgan fingerprint density at radius 2 is 1.74 bits per heavy atom. The van der Waals surface area contributed by atoms with Crippen LogP contribution in [0.5, 0.6) is 17.2 Å². The van der Waals surface area contributed by atoms with Crippen LogP contribution in [0.2, 0.25) is 5.02 Å². The fourth-order valence-corrected chi connectivity index (χ4v) is 4.48. The molecule has 9 heteroatoms. The maximum absolute atomic E-state index is 13.2. The highest BCUT2D eigenvalue weighted by Gasteiger charge is 2.26. The van der Waals surface area contributed by atoms with Crippen LogP contribution >= 0.6 is 11.6 Å². The Labute approximate surface area is 204 Å². The Morgan fingerprint density at radius 3 is 2.38 bits per heavy atom. The van der Waals surface area contributed by atoms with Crippen LogP contribution in [-0.4, -0.2) is 73.0 Å². The average Bonchev–Trinajstić information content (AvgIpc) is 3.24. The second-order valence-electron chi connectivity index (χ2n) is 8.10. The van der Waals surface area contributed by atoms with Crippen LogP contribution in [0.15, 0.2) is 42.6 Å². The largest absolute Gasteiger partial charge is 0.493 e. The number of piperazine rings is 1. The van der Waals surface area contributed by atoms with Gasteiger partial charge in [-0.15, -0.1) is 0 Å². The molecule has 0 atom stereocenters. The van der Waals surface area contributed by atoms with Gasteiger partial charge in [-0.25, -0.2) is 4.68 Å². The summed E-state index contributed by atoms with van der Waals surface area (Å²) in [5.41, 5.74) is 3.25. The number of hydrogen-bond acceptors (Lipinski definition) is 6. The average molecular weight is 485 g/mol. The summed E-state index contributed by atoms with van der Waals surface area (Å²) in [6.45, 7) is 5.37. The maximum atomic E-state index is 13.2. The molecule has 180 valence electrons. The molecule has 0 aliphatic carbocycles. The van der Waals surface area contributed by atoms with Crippen molar-refractivity contribution in [2.45, 2.75) is 13.5 Å². The van der Waals surface area contributed by atoms with Crippen molar-refractivity contribution in [1.82, 2.24) is 19.6 Å². The summed E-state index contributed by atoms with van der Waals surface area (Å²) in [4.78, 5) is 17.4. The predicted molar refractivity (Wildman–Crippen MR) is 131 cm³/mol. The third kappa shape index (κ3) is 4.69. The molecule has 1 aromatic heterocycles. The lowest BCUT2D eigenvalue weighted by molar-refractivity contribution is 0.0626. The van der Waals surface area contributed by atoms with Crippen LogP contribution in [0.25, 0.3) is 5.69 Å². The molecule has 34 heavy (non-hydrogen) atoms. The molecule has 1 saturated heterocycles. The minimum Gasteiger partial charge on any atom is -0.493 e. The quantitative estimate of drug-likeness (QED) is 0.508. The van der Waals surface area contributed by atoms with Gasteiger partial charge >= 0.3 is 0 Å². The lowest BCUT2D eigenvalue weighted by Gasteiger charge is -2.35. The van der Waals surface area contributed by atoms with Crippen molar-refractivity contribution in [3.63, 3.8) is 0 Å². The van der Waals surface area contributed by atoms with Gasteiger partial charge in [0.2, 0.25) is 5.75 Å². The van der Waals surface area contributed by atoms with E-state index in [0.29, 0.717) is 47.5 Å². The van der Waals surface area contributed by atoms with Crippen LogP contribution in [-0.2, 0) is 6.54 Å². The number of nitrogens with zero attached hydrogens (tertiary/aromatic N) is 4.